The Balaban J connectivity index is 1.14. The third kappa shape index (κ3) is 3.90. The summed E-state index contributed by atoms with van der Waals surface area (Å²) in [5.41, 5.74) is 13.7. The van der Waals surface area contributed by atoms with Gasteiger partial charge in [0.25, 0.3) is 0 Å². The number of hydrogen-bond acceptors (Lipinski definition) is 2. The van der Waals surface area contributed by atoms with Crippen LogP contribution in [0.3, 0.4) is 0 Å². The van der Waals surface area contributed by atoms with E-state index in [1.807, 2.05) is 0 Å². The molecule has 0 saturated heterocycles. The van der Waals surface area contributed by atoms with Crippen molar-refractivity contribution in [2.75, 3.05) is 0 Å². The molecule has 4 heteroatoms. The van der Waals surface area contributed by atoms with Crippen LogP contribution in [0.2, 0.25) is 0 Å². The molecule has 51 heavy (non-hydrogen) atoms. The second-order valence-electron chi connectivity index (χ2n) is 14.2. The fourth-order valence-corrected chi connectivity index (χ4v) is 8.74. The molecule has 0 amide bonds. The summed E-state index contributed by atoms with van der Waals surface area (Å²) in [6, 6.07) is 56.9. The molecule has 0 aliphatic heterocycles. The van der Waals surface area contributed by atoms with Crippen LogP contribution in [0.5, 0.6) is 0 Å². The fraction of sp³-hybridized carbons (Fsp3) is 0.0638. The largest absolute Gasteiger partial charge is 0.309 e. The average molecular weight is 653 g/mol. The molecule has 0 radical (unpaired) electrons. The SMILES string of the molecule is CC1(C)c2ccccc2-c2nc(-n3c4ccccc4c4cc(-c5ccc6c7ccccc7n(-c7ccccc7)c6c5)ccc43)nc3cccc1c23. The van der Waals surface area contributed by atoms with Gasteiger partial charge in [-0.25, -0.2) is 9.97 Å². The minimum atomic E-state index is -0.143. The van der Waals surface area contributed by atoms with Crippen molar-refractivity contribution < 1.29 is 0 Å². The number of benzene rings is 7. The summed E-state index contributed by atoms with van der Waals surface area (Å²) in [6.07, 6.45) is 0. The number of hydrogen-bond donors (Lipinski definition) is 0. The minimum Gasteiger partial charge on any atom is -0.309 e. The third-order valence-corrected chi connectivity index (χ3v) is 11.1. The van der Waals surface area contributed by atoms with Gasteiger partial charge >= 0.3 is 0 Å². The predicted molar refractivity (Wildman–Crippen MR) is 211 cm³/mol. The summed E-state index contributed by atoms with van der Waals surface area (Å²) in [5.74, 6) is 0.692. The maximum absolute atomic E-state index is 5.40. The maximum atomic E-state index is 5.40. The van der Waals surface area contributed by atoms with E-state index in [0.29, 0.717) is 5.95 Å². The average Bonchev–Trinajstić information content (AvgIpc) is 3.69. The summed E-state index contributed by atoms with van der Waals surface area (Å²) in [5, 5.41) is 6.02. The highest BCUT2D eigenvalue weighted by molar-refractivity contribution is 6.12. The van der Waals surface area contributed by atoms with Crippen LogP contribution >= 0.6 is 0 Å². The zero-order valence-corrected chi connectivity index (χ0v) is 28.3. The van der Waals surface area contributed by atoms with E-state index in [4.69, 9.17) is 9.97 Å². The maximum Gasteiger partial charge on any atom is 0.235 e. The molecular formula is C47H32N4. The molecule has 0 unspecified atom stereocenters. The highest BCUT2D eigenvalue weighted by Gasteiger charge is 2.34. The standard InChI is InChI=1S/C47H32N4/c1-47(2)37-18-9-6-17-35(37)45-44-38(47)19-12-20-39(44)48-46(49-45)51-41-22-11-8-16-33(41)36-27-29(24-26-42(36)51)30-23-25-34-32-15-7-10-21-40(32)50(43(34)28-30)31-13-4-3-5-14-31/h3-28H,1-2H3. The Morgan fingerprint density at radius 3 is 1.92 bits per heavy atom. The van der Waals surface area contributed by atoms with Gasteiger partial charge in [-0.15, -0.1) is 0 Å². The smallest absolute Gasteiger partial charge is 0.235 e. The number of para-hydroxylation sites is 3. The van der Waals surface area contributed by atoms with E-state index < -0.39 is 0 Å². The molecule has 0 saturated carbocycles. The molecule has 10 aromatic rings. The molecule has 0 atom stereocenters. The van der Waals surface area contributed by atoms with E-state index in [-0.39, 0.29) is 5.41 Å². The summed E-state index contributed by atoms with van der Waals surface area (Å²) in [7, 11) is 0. The van der Waals surface area contributed by atoms with Crippen molar-refractivity contribution in [2.24, 2.45) is 0 Å². The van der Waals surface area contributed by atoms with Crippen molar-refractivity contribution in [2.45, 2.75) is 19.3 Å². The van der Waals surface area contributed by atoms with Crippen molar-refractivity contribution in [3.63, 3.8) is 0 Å². The van der Waals surface area contributed by atoms with Gasteiger partial charge in [0.1, 0.15) is 0 Å². The lowest BCUT2D eigenvalue weighted by molar-refractivity contribution is 0.643. The molecule has 240 valence electrons. The molecule has 0 spiro atoms. The van der Waals surface area contributed by atoms with Crippen molar-refractivity contribution in [3.8, 4) is 34.0 Å². The van der Waals surface area contributed by atoms with Crippen LogP contribution in [0.1, 0.15) is 25.0 Å². The molecule has 3 aromatic heterocycles. The minimum absolute atomic E-state index is 0.143. The van der Waals surface area contributed by atoms with Gasteiger partial charge in [-0.3, -0.25) is 4.57 Å². The predicted octanol–water partition coefficient (Wildman–Crippen LogP) is 11.8. The molecular weight excluding hydrogens is 621 g/mol. The van der Waals surface area contributed by atoms with Crippen LogP contribution in [0.4, 0.5) is 0 Å². The number of aromatic nitrogens is 4. The van der Waals surface area contributed by atoms with E-state index in [2.05, 4.69) is 181 Å². The Labute approximate surface area is 294 Å². The van der Waals surface area contributed by atoms with Crippen LogP contribution in [-0.2, 0) is 5.41 Å². The Kier molecular flexibility index (Phi) is 5.70. The summed E-state index contributed by atoms with van der Waals surface area (Å²) in [4.78, 5) is 10.7. The number of nitrogens with zero attached hydrogens (tertiary/aromatic N) is 4. The number of fused-ring (bicyclic) bond motifs is 8. The van der Waals surface area contributed by atoms with Gasteiger partial charge in [-0.2, -0.15) is 0 Å². The Bertz CT molecular complexity index is 3050. The van der Waals surface area contributed by atoms with E-state index >= 15 is 0 Å². The second kappa shape index (κ2) is 10.3. The molecule has 3 heterocycles. The van der Waals surface area contributed by atoms with Crippen LogP contribution in [0.15, 0.2) is 158 Å². The normalized spacial score (nSPS) is 13.5. The third-order valence-electron chi connectivity index (χ3n) is 11.1. The lowest BCUT2D eigenvalue weighted by atomic mass is 9.70. The Hall–Kier alpha value is -6.52. The van der Waals surface area contributed by atoms with Crippen molar-refractivity contribution in [1.82, 2.24) is 19.1 Å². The molecule has 0 N–H and O–H groups in total. The lowest BCUT2D eigenvalue weighted by Crippen LogP contribution is -2.24. The van der Waals surface area contributed by atoms with Crippen LogP contribution in [0.25, 0.3) is 88.5 Å². The van der Waals surface area contributed by atoms with Crippen LogP contribution < -0.4 is 0 Å². The van der Waals surface area contributed by atoms with Gasteiger partial charge in [0.15, 0.2) is 0 Å². The zero-order valence-electron chi connectivity index (χ0n) is 28.3. The molecule has 0 fully saturated rings. The van der Waals surface area contributed by atoms with Crippen LogP contribution in [0, 0.1) is 0 Å². The molecule has 0 bridgehead atoms. The molecule has 11 rings (SSSR count). The summed E-state index contributed by atoms with van der Waals surface area (Å²) >= 11 is 0. The van der Waals surface area contributed by atoms with E-state index in [1.165, 1.54) is 60.4 Å². The van der Waals surface area contributed by atoms with Gasteiger partial charge in [0.2, 0.25) is 5.95 Å². The Morgan fingerprint density at radius 1 is 0.451 bits per heavy atom. The monoisotopic (exact) mass is 652 g/mol. The van der Waals surface area contributed by atoms with E-state index in [9.17, 15) is 0 Å². The molecule has 1 aliphatic carbocycles. The highest BCUT2D eigenvalue weighted by atomic mass is 15.2. The molecule has 4 nitrogen and oxygen atoms in total. The number of rotatable bonds is 3. The first-order chi connectivity index (χ1) is 25.1. The topological polar surface area (TPSA) is 35.6 Å². The molecule has 7 aromatic carbocycles. The van der Waals surface area contributed by atoms with Gasteiger partial charge < -0.3 is 4.57 Å². The Morgan fingerprint density at radius 2 is 1.08 bits per heavy atom. The first kappa shape index (κ1) is 28.3. The highest BCUT2D eigenvalue weighted by Crippen LogP contribution is 2.48. The second-order valence-corrected chi connectivity index (χ2v) is 14.2. The van der Waals surface area contributed by atoms with Gasteiger partial charge in [0.05, 0.1) is 33.3 Å². The first-order valence-electron chi connectivity index (χ1n) is 17.6. The van der Waals surface area contributed by atoms with Gasteiger partial charge in [-0.05, 0) is 70.8 Å². The summed E-state index contributed by atoms with van der Waals surface area (Å²) in [6.45, 7) is 4.61. The summed E-state index contributed by atoms with van der Waals surface area (Å²) < 4.78 is 4.63. The van der Waals surface area contributed by atoms with E-state index in [0.717, 1.165) is 33.3 Å². The quantitative estimate of drug-likeness (QED) is 0.190. The van der Waals surface area contributed by atoms with E-state index in [1.54, 1.807) is 0 Å². The van der Waals surface area contributed by atoms with Crippen molar-refractivity contribution >= 4 is 54.5 Å². The van der Waals surface area contributed by atoms with Crippen LogP contribution in [-0.4, -0.2) is 19.1 Å². The van der Waals surface area contributed by atoms with Crippen molar-refractivity contribution in [1.29, 1.82) is 0 Å². The first-order valence-corrected chi connectivity index (χ1v) is 17.6. The zero-order chi connectivity index (χ0) is 33.8. The van der Waals surface area contributed by atoms with Gasteiger partial charge in [-0.1, -0.05) is 123 Å². The van der Waals surface area contributed by atoms with Gasteiger partial charge in [0, 0.05) is 43.6 Å². The molecule has 1 aliphatic rings. The fourth-order valence-electron chi connectivity index (χ4n) is 8.74. The lowest BCUT2D eigenvalue weighted by Gasteiger charge is -2.34. The van der Waals surface area contributed by atoms with Crippen molar-refractivity contribution in [3.05, 3.63) is 169 Å².